The van der Waals surface area contributed by atoms with Crippen LogP contribution in [0.4, 0.5) is 0 Å². The number of ether oxygens (including phenoxy) is 2. The van der Waals surface area contributed by atoms with E-state index in [4.69, 9.17) is 14.6 Å². The summed E-state index contributed by atoms with van der Waals surface area (Å²) in [5.74, 6) is -1.32. The first-order valence-corrected chi connectivity index (χ1v) is 8.06. The first kappa shape index (κ1) is 19.4. The standard InChI is InChI=1S/C16H19N3O8/c20-6-11-12(21)13(22)14(23)16(27-11)26-7-9-5-19(18-17-9)10-3-1-2-8(4-10)15(24)25/h1-5,11-14,16,20-23H,6-7H2,(H,24,25)/p-1/t11-,12-,13+,14+,16+/m1/s1. The van der Waals surface area contributed by atoms with Gasteiger partial charge in [-0.05, 0) is 17.7 Å². The van der Waals surface area contributed by atoms with Gasteiger partial charge in [0.25, 0.3) is 0 Å². The lowest BCUT2D eigenvalue weighted by atomic mass is 9.99. The molecule has 4 N–H and O–H groups in total. The molecule has 0 radical (unpaired) electrons. The monoisotopic (exact) mass is 380 g/mol. The highest BCUT2D eigenvalue weighted by atomic mass is 16.7. The number of aromatic carboxylic acids is 1. The molecule has 0 amide bonds. The Hall–Kier alpha value is -2.41. The number of rotatable bonds is 6. The molecule has 2 aromatic rings. The van der Waals surface area contributed by atoms with Crippen LogP contribution in [0.25, 0.3) is 5.69 Å². The number of carbonyl (C=O) groups excluding carboxylic acids is 1. The SMILES string of the molecule is O=C([O-])c1cccc(-n2cc(CO[C@H]3O[C@H](CO)[C@@H](O)[C@H](O)[C@@H]3O)nn2)c1. The van der Waals surface area contributed by atoms with Crippen LogP contribution in [0.3, 0.4) is 0 Å². The van der Waals surface area contributed by atoms with E-state index in [0.717, 1.165) is 0 Å². The number of aliphatic hydroxyl groups is 4. The second-order valence-corrected chi connectivity index (χ2v) is 6.00. The van der Waals surface area contributed by atoms with Crippen molar-refractivity contribution in [3.63, 3.8) is 0 Å². The van der Waals surface area contributed by atoms with Gasteiger partial charge in [0.2, 0.25) is 0 Å². The summed E-state index contributed by atoms with van der Waals surface area (Å²) in [6, 6.07) is 5.92. The van der Waals surface area contributed by atoms with Crippen LogP contribution in [0.1, 0.15) is 16.1 Å². The van der Waals surface area contributed by atoms with Crippen LogP contribution in [-0.2, 0) is 16.1 Å². The van der Waals surface area contributed by atoms with Gasteiger partial charge in [0.05, 0.1) is 31.1 Å². The number of carboxylic acids is 1. The van der Waals surface area contributed by atoms with E-state index in [2.05, 4.69) is 10.3 Å². The number of aromatic nitrogens is 3. The number of aliphatic hydroxyl groups excluding tert-OH is 4. The molecule has 0 spiro atoms. The fourth-order valence-electron chi connectivity index (χ4n) is 2.64. The smallest absolute Gasteiger partial charge is 0.187 e. The molecule has 27 heavy (non-hydrogen) atoms. The van der Waals surface area contributed by atoms with E-state index in [1.165, 1.54) is 29.1 Å². The van der Waals surface area contributed by atoms with Crippen LogP contribution in [0.5, 0.6) is 0 Å². The van der Waals surface area contributed by atoms with E-state index >= 15 is 0 Å². The predicted octanol–water partition coefficient (Wildman–Crippen LogP) is -3.05. The van der Waals surface area contributed by atoms with Crippen molar-refractivity contribution < 1.29 is 39.8 Å². The van der Waals surface area contributed by atoms with Crippen LogP contribution < -0.4 is 5.11 Å². The van der Waals surface area contributed by atoms with Crippen molar-refractivity contribution >= 4 is 5.97 Å². The molecule has 1 fully saturated rings. The molecular weight excluding hydrogens is 362 g/mol. The number of nitrogens with zero attached hydrogens (tertiary/aromatic N) is 3. The van der Waals surface area contributed by atoms with E-state index in [9.17, 15) is 25.2 Å². The van der Waals surface area contributed by atoms with Crippen molar-refractivity contribution in [3.05, 3.63) is 41.7 Å². The minimum atomic E-state index is -1.54. The van der Waals surface area contributed by atoms with E-state index in [1.807, 2.05) is 0 Å². The third-order valence-corrected chi connectivity index (χ3v) is 4.13. The Balaban J connectivity index is 1.66. The van der Waals surface area contributed by atoms with E-state index in [0.29, 0.717) is 11.4 Å². The summed E-state index contributed by atoms with van der Waals surface area (Å²) < 4.78 is 11.9. The molecular formula is C16H18N3O8-. The van der Waals surface area contributed by atoms with Gasteiger partial charge in [-0.15, -0.1) is 5.10 Å². The van der Waals surface area contributed by atoms with Gasteiger partial charge in [0.1, 0.15) is 30.1 Å². The van der Waals surface area contributed by atoms with Crippen LogP contribution >= 0.6 is 0 Å². The minimum Gasteiger partial charge on any atom is -0.545 e. The molecule has 1 aliphatic rings. The Labute approximate surface area is 153 Å². The van der Waals surface area contributed by atoms with Crippen LogP contribution in [0.15, 0.2) is 30.5 Å². The molecule has 11 heteroatoms. The van der Waals surface area contributed by atoms with Gasteiger partial charge in [-0.25, -0.2) is 4.68 Å². The molecule has 1 aliphatic heterocycles. The molecule has 146 valence electrons. The molecule has 1 saturated heterocycles. The molecule has 0 saturated carbocycles. The quantitative estimate of drug-likeness (QED) is 0.403. The average molecular weight is 380 g/mol. The zero-order valence-corrected chi connectivity index (χ0v) is 14.0. The second-order valence-electron chi connectivity index (χ2n) is 6.00. The number of carboxylic acid groups (broad SMARTS) is 1. The van der Waals surface area contributed by atoms with Gasteiger partial charge < -0.3 is 39.8 Å². The maximum Gasteiger partial charge on any atom is 0.187 e. The number of hydrogen-bond donors (Lipinski definition) is 4. The van der Waals surface area contributed by atoms with Crippen LogP contribution in [-0.4, -0.2) is 78.7 Å². The van der Waals surface area contributed by atoms with Gasteiger partial charge in [-0.3, -0.25) is 0 Å². The summed E-state index contributed by atoms with van der Waals surface area (Å²) in [7, 11) is 0. The summed E-state index contributed by atoms with van der Waals surface area (Å²) in [6.07, 6.45) is -5.40. The fraction of sp³-hybridized carbons (Fsp3) is 0.438. The Bertz CT molecular complexity index is 795. The van der Waals surface area contributed by atoms with Crippen molar-refractivity contribution in [3.8, 4) is 5.69 Å². The number of carbonyl (C=O) groups is 1. The molecule has 0 unspecified atom stereocenters. The molecule has 2 heterocycles. The largest absolute Gasteiger partial charge is 0.545 e. The molecule has 11 nitrogen and oxygen atoms in total. The Morgan fingerprint density at radius 1 is 1.26 bits per heavy atom. The van der Waals surface area contributed by atoms with Crippen molar-refractivity contribution in [1.29, 1.82) is 0 Å². The van der Waals surface area contributed by atoms with E-state index < -0.39 is 43.3 Å². The third kappa shape index (κ3) is 4.13. The van der Waals surface area contributed by atoms with Gasteiger partial charge in [0.15, 0.2) is 6.29 Å². The maximum atomic E-state index is 10.9. The first-order valence-electron chi connectivity index (χ1n) is 8.06. The molecule has 0 aliphatic carbocycles. The van der Waals surface area contributed by atoms with Gasteiger partial charge in [-0.2, -0.15) is 0 Å². The predicted molar refractivity (Wildman–Crippen MR) is 84.2 cm³/mol. The molecule has 1 aromatic heterocycles. The summed E-state index contributed by atoms with van der Waals surface area (Å²) in [5, 5.41) is 57.2. The number of hydrogen-bond acceptors (Lipinski definition) is 10. The third-order valence-electron chi connectivity index (χ3n) is 4.13. The van der Waals surface area contributed by atoms with Crippen LogP contribution in [0.2, 0.25) is 0 Å². The zero-order valence-electron chi connectivity index (χ0n) is 14.0. The highest BCUT2D eigenvalue weighted by Crippen LogP contribution is 2.22. The van der Waals surface area contributed by atoms with E-state index in [-0.39, 0.29) is 12.2 Å². The summed E-state index contributed by atoms with van der Waals surface area (Å²) in [5.41, 5.74) is 0.774. The Morgan fingerprint density at radius 2 is 2.04 bits per heavy atom. The molecule has 3 rings (SSSR count). The lowest BCUT2D eigenvalue weighted by Crippen LogP contribution is -2.59. The van der Waals surface area contributed by atoms with Crippen molar-refractivity contribution in [2.24, 2.45) is 0 Å². The normalized spacial score (nSPS) is 28.2. The van der Waals surface area contributed by atoms with Crippen molar-refractivity contribution in [2.45, 2.75) is 37.3 Å². The van der Waals surface area contributed by atoms with Crippen LogP contribution in [0, 0.1) is 0 Å². The van der Waals surface area contributed by atoms with Crippen molar-refractivity contribution in [1.82, 2.24) is 15.0 Å². The number of benzene rings is 1. The van der Waals surface area contributed by atoms with Crippen molar-refractivity contribution in [2.75, 3.05) is 6.61 Å². The Kier molecular flexibility index (Phi) is 5.79. The van der Waals surface area contributed by atoms with Gasteiger partial charge in [0, 0.05) is 0 Å². The summed E-state index contributed by atoms with van der Waals surface area (Å²) >= 11 is 0. The molecule has 1 aromatic carbocycles. The summed E-state index contributed by atoms with van der Waals surface area (Å²) in [6.45, 7) is -0.710. The van der Waals surface area contributed by atoms with Gasteiger partial charge >= 0.3 is 0 Å². The lowest BCUT2D eigenvalue weighted by Gasteiger charge is -2.39. The first-order chi connectivity index (χ1) is 12.9. The highest BCUT2D eigenvalue weighted by Gasteiger charge is 2.44. The highest BCUT2D eigenvalue weighted by molar-refractivity contribution is 5.86. The van der Waals surface area contributed by atoms with E-state index in [1.54, 1.807) is 6.07 Å². The Morgan fingerprint density at radius 3 is 2.74 bits per heavy atom. The molecule has 0 bridgehead atoms. The minimum absolute atomic E-state index is 0.0119. The average Bonchev–Trinajstić information content (AvgIpc) is 3.15. The summed E-state index contributed by atoms with van der Waals surface area (Å²) in [4.78, 5) is 10.9. The van der Waals surface area contributed by atoms with Gasteiger partial charge in [-0.1, -0.05) is 17.3 Å². The molecule has 5 atom stereocenters. The lowest BCUT2D eigenvalue weighted by molar-refractivity contribution is -0.304. The second kappa shape index (κ2) is 8.08. The zero-order chi connectivity index (χ0) is 19.6. The fourth-order valence-corrected chi connectivity index (χ4v) is 2.64. The topological polar surface area (TPSA) is 170 Å². The maximum absolute atomic E-state index is 10.9.